The highest BCUT2D eigenvalue weighted by Gasteiger charge is 2.17. The number of nitrogens with two attached hydrogens (primary N) is 1. The van der Waals surface area contributed by atoms with Crippen LogP contribution in [-0.4, -0.2) is 14.7 Å². The summed E-state index contributed by atoms with van der Waals surface area (Å²) in [5.74, 6) is -0.369. The normalized spacial score (nSPS) is 10.8. The van der Waals surface area contributed by atoms with Gasteiger partial charge in [0.25, 0.3) is 5.91 Å². The second kappa shape index (κ2) is 5.48. The number of nitrogen functional groups attached to an aromatic ring is 1. The summed E-state index contributed by atoms with van der Waals surface area (Å²) in [5.41, 5.74) is 7.87. The van der Waals surface area contributed by atoms with Gasteiger partial charge in [0.1, 0.15) is 11.0 Å². The highest BCUT2D eigenvalue weighted by Crippen LogP contribution is 2.35. The Balaban J connectivity index is 2.05. The molecule has 0 saturated carbocycles. The number of nitrogens with zero attached hydrogens (tertiary/aromatic N) is 2. The Hall–Kier alpha value is -1.89. The molecule has 0 bridgehead atoms. The molecule has 21 heavy (non-hydrogen) atoms. The van der Waals surface area contributed by atoms with Crippen molar-refractivity contribution < 1.29 is 4.79 Å². The Bertz CT molecular complexity index is 849. The van der Waals surface area contributed by atoms with Crippen LogP contribution in [0.15, 0.2) is 30.3 Å². The summed E-state index contributed by atoms with van der Waals surface area (Å²) in [5, 5.41) is 3.40. The van der Waals surface area contributed by atoms with E-state index in [1.165, 1.54) is 6.07 Å². The van der Waals surface area contributed by atoms with Gasteiger partial charge in [0.2, 0.25) is 0 Å². The van der Waals surface area contributed by atoms with Gasteiger partial charge < -0.3 is 11.1 Å². The number of nitrogens with one attached hydrogen (secondary N) is 1. The lowest BCUT2D eigenvalue weighted by Crippen LogP contribution is -2.14. The lowest BCUT2D eigenvalue weighted by atomic mass is 10.1. The predicted octanol–water partition coefficient (Wildman–Crippen LogP) is 3.83. The van der Waals surface area contributed by atoms with Crippen molar-refractivity contribution in [2.45, 2.75) is 0 Å². The predicted molar refractivity (Wildman–Crippen MR) is 86.2 cm³/mol. The summed E-state index contributed by atoms with van der Waals surface area (Å²) >= 11 is 13.2. The lowest BCUT2D eigenvalue weighted by Gasteiger charge is -2.09. The van der Waals surface area contributed by atoms with Gasteiger partial charge in [0, 0.05) is 5.69 Å². The maximum Gasteiger partial charge on any atom is 0.257 e. The van der Waals surface area contributed by atoms with Gasteiger partial charge in [-0.3, -0.25) is 4.79 Å². The molecule has 0 aliphatic carbocycles. The van der Waals surface area contributed by atoms with E-state index in [0.717, 1.165) is 11.7 Å². The van der Waals surface area contributed by atoms with Crippen molar-refractivity contribution in [3.63, 3.8) is 0 Å². The molecule has 0 fully saturated rings. The van der Waals surface area contributed by atoms with E-state index < -0.39 is 0 Å². The van der Waals surface area contributed by atoms with Gasteiger partial charge in [-0.1, -0.05) is 35.3 Å². The molecule has 0 unspecified atom stereocenters. The third-order valence-corrected chi connectivity index (χ3v) is 4.00. The first-order chi connectivity index (χ1) is 10.1. The number of hydrogen-bond acceptors (Lipinski definition) is 5. The molecule has 0 radical (unpaired) electrons. The SMILES string of the molecule is Nc1ccccc1C(=O)Nc1c(Cl)cc(Cl)c2nsnc12. The molecule has 1 amide bonds. The van der Waals surface area contributed by atoms with E-state index in [1.54, 1.807) is 24.3 Å². The standard InChI is InChI=1S/C13H8Cl2N4OS/c14-7-5-8(15)11-12(19-21-18-11)10(7)17-13(20)6-3-1-2-4-9(6)16/h1-5H,16H2,(H,17,20). The average Bonchev–Trinajstić information content (AvgIpc) is 2.93. The molecule has 0 atom stereocenters. The molecule has 0 spiro atoms. The Morgan fingerprint density at radius 3 is 2.62 bits per heavy atom. The van der Waals surface area contributed by atoms with Gasteiger partial charge in [-0.2, -0.15) is 8.75 Å². The van der Waals surface area contributed by atoms with Crippen molar-refractivity contribution >= 4 is 63.2 Å². The second-order valence-corrected chi connectivity index (χ2v) is 5.56. The Labute approximate surface area is 134 Å². The van der Waals surface area contributed by atoms with Crippen molar-refractivity contribution in [1.29, 1.82) is 0 Å². The third-order valence-electron chi connectivity index (χ3n) is 2.89. The van der Waals surface area contributed by atoms with Crippen molar-refractivity contribution in [2.24, 2.45) is 0 Å². The number of para-hydroxylation sites is 1. The summed E-state index contributed by atoms with van der Waals surface area (Å²) in [6.07, 6.45) is 0. The fourth-order valence-electron chi connectivity index (χ4n) is 1.88. The number of fused-ring (bicyclic) bond motifs is 1. The van der Waals surface area contributed by atoms with E-state index in [2.05, 4.69) is 14.1 Å². The van der Waals surface area contributed by atoms with Gasteiger partial charge in [0.05, 0.1) is 33.0 Å². The molecular weight excluding hydrogens is 331 g/mol. The summed E-state index contributed by atoms with van der Waals surface area (Å²) in [7, 11) is 0. The number of carbonyl (C=O) groups excluding carboxylic acids is 1. The Morgan fingerprint density at radius 1 is 1.14 bits per heavy atom. The first-order valence-electron chi connectivity index (χ1n) is 5.84. The van der Waals surface area contributed by atoms with Crippen LogP contribution in [-0.2, 0) is 0 Å². The topological polar surface area (TPSA) is 80.9 Å². The number of benzene rings is 2. The fourth-order valence-corrected chi connectivity index (χ4v) is 3.04. The fraction of sp³-hybridized carbons (Fsp3) is 0. The third kappa shape index (κ3) is 2.53. The summed E-state index contributed by atoms with van der Waals surface area (Å²) < 4.78 is 8.21. The summed E-state index contributed by atoms with van der Waals surface area (Å²) in [6.45, 7) is 0. The van der Waals surface area contributed by atoms with Crippen LogP contribution in [0.1, 0.15) is 10.4 Å². The average molecular weight is 339 g/mol. The molecule has 0 saturated heterocycles. The van der Waals surface area contributed by atoms with Crippen LogP contribution in [0.5, 0.6) is 0 Å². The first-order valence-corrected chi connectivity index (χ1v) is 7.32. The molecule has 106 valence electrons. The van der Waals surface area contributed by atoms with E-state index >= 15 is 0 Å². The lowest BCUT2D eigenvalue weighted by molar-refractivity contribution is 0.102. The van der Waals surface area contributed by atoms with Gasteiger partial charge in [-0.05, 0) is 18.2 Å². The van der Waals surface area contributed by atoms with Gasteiger partial charge in [-0.25, -0.2) is 0 Å². The highest BCUT2D eigenvalue weighted by molar-refractivity contribution is 7.00. The molecule has 5 nitrogen and oxygen atoms in total. The number of carbonyl (C=O) groups is 1. The second-order valence-electron chi connectivity index (χ2n) is 4.22. The van der Waals surface area contributed by atoms with Crippen LogP contribution in [0.2, 0.25) is 10.0 Å². The minimum absolute atomic E-state index is 0.294. The van der Waals surface area contributed by atoms with Crippen LogP contribution in [0.25, 0.3) is 11.0 Å². The minimum Gasteiger partial charge on any atom is -0.398 e. The van der Waals surface area contributed by atoms with Crippen molar-refractivity contribution in [3.8, 4) is 0 Å². The number of anilines is 2. The van der Waals surface area contributed by atoms with Crippen LogP contribution in [0.4, 0.5) is 11.4 Å². The number of hydrogen-bond donors (Lipinski definition) is 2. The van der Waals surface area contributed by atoms with Crippen molar-refractivity contribution in [2.75, 3.05) is 11.1 Å². The van der Waals surface area contributed by atoms with Gasteiger partial charge in [-0.15, -0.1) is 0 Å². The summed E-state index contributed by atoms with van der Waals surface area (Å²) in [6, 6.07) is 8.29. The van der Waals surface area contributed by atoms with E-state index in [-0.39, 0.29) is 5.91 Å². The minimum atomic E-state index is -0.369. The zero-order valence-electron chi connectivity index (χ0n) is 10.4. The van der Waals surface area contributed by atoms with Gasteiger partial charge >= 0.3 is 0 Å². The number of aromatic nitrogens is 2. The van der Waals surface area contributed by atoms with Crippen LogP contribution < -0.4 is 11.1 Å². The molecule has 3 rings (SSSR count). The van der Waals surface area contributed by atoms with E-state index in [0.29, 0.717) is 38.0 Å². The maximum absolute atomic E-state index is 12.3. The van der Waals surface area contributed by atoms with E-state index in [4.69, 9.17) is 28.9 Å². The molecule has 3 N–H and O–H groups in total. The Kier molecular flexibility index (Phi) is 3.67. The quantitative estimate of drug-likeness (QED) is 0.695. The molecule has 8 heteroatoms. The number of amides is 1. The molecule has 0 aliphatic rings. The first kappa shape index (κ1) is 14.1. The smallest absolute Gasteiger partial charge is 0.257 e. The highest BCUT2D eigenvalue weighted by atomic mass is 35.5. The molecule has 3 aromatic rings. The van der Waals surface area contributed by atoms with Crippen molar-refractivity contribution in [3.05, 3.63) is 45.9 Å². The van der Waals surface area contributed by atoms with Gasteiger partial charge in [0.15, 0.2) is 0 Å². The molecule has 1 aromatic heterocycles. The molecule has 0 aliphatic heterocycles. The number of rotatable bonds is 2. The van der Waals surface area contributed by atoms with Crippen LogP contribution >= 0.6 is 34.9 Å². The zero-order chi connectivity index (χ0) is 15.0. The molecule has 2 aromatic carbocycles. The largest absolute Gasteiger partial charge is 0.398 e. The number of halogens is 2. The monoisotopic (exact) mass is 338 g/mol. The molecular formula is C13H8Cl2N4OS. The zero-order valence-corrected chi connectivity index (χ0v) is 12.8. The Morgan fingerprint density at radius 2 is 1.86 bits per heavy atom. The van der Waals surface area contributed by atoms with E-state index in [1.807, 2.05) is 0 Å². The van der Waals surface area contributed by atoms with E-state index in [9.17, 15) is 4.79 Å². The van der Waals surface area contributed by atoms with Crippen LogP contribution in [0.3, 0.4) is 0 Å². The summed E-state index contributed by atoms with van der Waals surface area (Å²) in [4.78, 5) is 12.3. The molecule has 1 heterocycles. The van der Waals surface area contributed by atoms with Crippen LogP contribution in [0, 0.1) is 0 Å². The maximum atomic E-state index is 12.3. The van der Waals surface area contributed by atoms with Crippen molar-refractivity contribution in [1.82, 2.24) is 8.75 Å².